The van der Waals surface area contributed by atoms with Gasteiger partial charge in [0.25, 0.3) is 5.56 Å². The third-order valence-electron chi connectivity index (χ3n) is 4.81. The quantitative estimate of drug-likeness (QED) is 0.393. The van der Waals surface area contributed by atoms with Gasteiger partial charge in [0, 0.05) is 0 Å². The van der Waals surface area contributed by atoms with Gasteiger partial charge in [-0.1, -0.05) is 48.0 Å². The van der Waals surface area contributed by atoms with E-state index in [1.165, 1.54) is 6.33 Å². The number of fused-ring (bicyclic) bond motifs is 1. The maximum Gasteiger partial charge on any atom is 0.280 e. The van der Waals surface area contributed by atoms with Gasteiger partial charge in [0.05, 0.1) is 19.5 Å². The highest BCUT2D eigenvalue weighted by Crippen LogP contribution is 2.13. The van der Waals surface area contributed by atoms with E-state index in [2.05, 4.69) is 15.0 Å². The summed E-state index contributed by atoms with van der Waals surface area (Å²) in [6.07, 6.45) is 1.13. The van der Waals surface area contributed by atoms with Crippen molar-refractivity contribution >= 4 is 17.1 Å². The highest BCUT2D eigenvalue weighted by Gasteiger charge is 2.14. The van der Waals surface area contributed by atoms with Gasteiger partial charge in [0.15, 0.2) is 11.2 Å². The Morgan fingerprint density at radius 2 is 1.88 bits per heavy atom. The van der Waals surface area contributed by atoms with E-state index >= 15 is 0 Å². The molecule has 0 radical (unpaired) electrons. The zero-order valence-electron chi connectivity index (χ0n) is 17.7. The molecule has 0 aliphatic carbocycles. The first-order valence-electron chi connectivity index (χ1n) is 10.2. The highest BCUT2D eigenvalue weighted by molar-refractivity contribution is 5.70. The summed E-state index contributed by atoms with van der Waals surface area (Å²) in [5.41, 5.74) is 8.06. The number of H-pyrrole nitrogens is 1. The molecule has 0 spiro atoms. The number of nitrogen functional groups attached to an aromatic ring is 1. The molecule has 3 N–H and O–H groups in total. The van der Waals surface area contributed by atoms with Gasteiger partial charge in [-0.2, -0.15) is 4.98 Å². The van der Waals surface area contributed by atoms with E-state index in [4.69, 9.17) is 19.9 Å². The lowest BCUT2D eigenvalue weighted by molar-refractivity contribution is -0.0654. The Kier molecular flexibility index (Phi) is 6.78. The van der Waals surface area contributed by atoms with E-state index in [9.17, 15) is 4.79 Å². The van der Waals surface area contributed by atoms with Gasteiger partial charge in [-0.05, 0) is 24.6 Å². The third-order valence-corrected chi connectivity index (χ3v) is 4.81. The normalized spacial score (nSPS) is 12.2. The summed E-state index contributed by atoms with van der Waals surface area (Å²) in [6.45, 7) is 3.22. The number of hydrogen-bond donors (Lipinski definition) is 2. The second-order valence-electron chi connectivity index (χ2n) is 7.38. The summed E-state index contributed by atoms with van der Waals surface area (Å²) in [4.78, 5) is 22.7. The van der Waals surface area contributed by atoms with Crippen molar-refractivity contribution in [2.75, 3.05) is 18.9 Å². The molecule has 0 fully saturated rings. The van der Waals surface area contributed by atoms with E-state index in [0.717, 1.165) is 16.9 Å². The summed E-state index contributed by atoms with van der Waals surface area (Å²) in [6, 6.07) is 17.7. The fraction of sp³-hybridized carbons (Fsp3) is 0.261. The fourth-order valence-electron chi connectivity index (χ4n) is 3.10. The number of ether oxygens (including phenoxy) is 3. The van der Waals surface area contributed by atoms with Gasteiger partial charge in [0.1, 0.15) is 25.2 Å². The molecule has 0 aliphatic heterocycles. The Bertz CT molecular complexity index is 1200. The lowest BCUT2D eigenvalue weighted by Gasteiger charge is -2.19. The van der Waals surface area contributed by atoms with Crippen molar-refractivity contribution in [2.24, 2.45) is 0 Å². The van der Waals surface area contributed by atoms with Crippen molar-refractivity contribution in [2.45, 2.75) is 26.4 Å². The maximum atomic E-state index is 12.0. The largest absolute Gasteiger partial charge is 0.491 e. The number of anilines is 1. The highest BCUT2D eigenvalue weighted by atomic mass is 16.6. The van der Waals surface area contributed by atoms with Crippen LogP contribution in [0.2, 0.25) is 0 Å². The number of imidazole rings is 1. The smallest absolute Gasteiger partial charge is 0.280 e. The molecule has 4 aromatic rings. The maximum absolute atomic E-state index is 12.0. The molecule has 166 valence electrons. The average Bonchev–Trinajstić information content (AvgIpc) is 3.20. The number of aromatic amines is 1. The van der Waals surface area contributed by atoms with Crippen molar-refractivity contribution in [3.63, 3.8) is 0 Å². The van der Waals surface area contributed by atoms with Crippen LogP contribution >= 0.6 is 0 Å². The van der Waals surface area contributed by atoms with E-state index in [-0.39, 0.29) is 24.3 Å². The monoisotopic (exact) mass is 435 g/mol. The summed E-state index contributed by atoms with van der Waals surface area (Å²) in [7, 11) is 0. The van der Waals surface area contributed by atoms with E-state index in [1.54, 1.807) is 4.57 Å². The summed E-state index contributed by atoms with van der Waals surface area (Å²) >= 11 is 0. The average molecular weight is 435 g/mol. The lowest BCUT2D eigenvalue weighted by Crippen LogP contribution is -2.28. The Hall–Kier alpha value is -3.69. The van der Waals surface area contributed by atoms with E-state index in [1.807, 2.05) is 61.5 Å². The van der Waals surface area contributed by atoms with Gasteiger partial charge >= 0.3 is 0 Å². The summed E-state index contributed by atoms with van der Waals surface area (Å²) in [5, 5.41) is 0. The molecule has 0 bridgehead atoms. The molecular formula is C23H25N5O4. The van der Waals surface area contributed by atoms with Crippen LogP contribution in [0.3, 0.4) is 0 Å². The lowest BCUT2D eigenvalue weighted by atomic mass is 10.2. The van der Waals surface area contributed by atoms with Crippen molar-refractivity contribution in [3.05, 3.63) is 82.4 Å². The molecule has 0 saturated carbocycles. The number of rotatable bonds is 10. The summed E-state index contributed by atoms with van der Waals surface area (Å²) in [5.74, 6) is 0.774. The topological polar surface area (TPSA) is 117 Å². The van der Waals surface area contributed by atoms with Gasteiger partial charge in [-0.15, -0.1) is 0 Å². The van der Waals surface area contributed by atoms with Crippen molar-refractivity contribution in [1.82, 2.24) is 19.5 Å². The number of nitrogens with one attached hydrogen (secondary N) is 1. The molecular weight excluding hydrogens is 410 g/mol. The van der Waals surface area contributed by atoms with Crippen LogP contribution in [0.25, 0.3) is 11.2 Å². The second kappa shape index (κ2) is 10.1. The second-order valence-corrected chi connectivity index (χ2v) is 7.38. The molecule has 2 heterocycles. The molecule has 1 unspecified atom stereocenters. The number of nitrogens with two attached hydrogens (primary N) is 1. The molecule has 9 nitrogen and oxygen atoms in total. The van der Waals surface area contributed by atoms with Gasteiger partial charge in [-0.25, -0.2) is 4.98 Å². The fourth-order valence-corrected chi connectivity index (χ4v) is 3.10. The first-order valence-corrected chi connectivity index (χ1v) is 10.2. The molecule has 0 saturated heterocycles. The van der Waals surface area contributed by atoms with Crippen LogP contribution in [-0.4, -0.2) is 38.8 Å². The zero-order valence-corrected chi connectivity index (χ0v) is 17.7. The Labute approximate surface area is 184 Å². The first-order chi connectivity index (χ1) is 15.6. The van der Waals surface area contributed by atoms with Crippen LogP contribution in [0.1, 0.15) is 11.1 Å². The minimum Gasteiger partial charge on any atom is -0.491 e. The standard InChI is InChI=1S/C23H25N5O4/c1-16-7-9-18(10-8-16)31-13-19(12-30-11-17-5-3-2-4-6-17)32-15-28-14-25-20-21(28)26-23(24)27-22(20)29/h2-10,14,19H,11-13,15H2,1H3,(H3,24,26,27,29). The van der Waals surface area contributed by atoms with E-state index in [0.29, 0.717) is 25.5 Å². The van der Waals surface area contributed by atoms with Crippen LogP contribution in [0.4, 0.5) is 5.95 Å². The molecule has 2 aromatic heterocycles. The van der Waals surface area contributed by atoms with Crippen molar-refractivity contribution in [3.8, 4) is 5.75 Å². The molecule has 0 amide bonds. The molecule has 0 aliphatic rings. The zero-order chi connectivity index (χ0) is 22.3. The SMILES string of the molecule is Cc1ccc(OCC(COCc2ccccc2)OCn2cnc3c(=O)[nH]c(N)nc32)cc1. The van der Waals surface area contributed by atoms with Crippen LogP contribution < -0.4 is 16.0 Å². The van der Waals surface area contributed by atoms with Crippen molar-refractivity contribution < 1.29 is 14.2 Å². The summed E-state index contributed by atoms with van der Waals surface area (Å²) < 4.78 is 19.4. The van der Waals surface area contributed by atoms with Gasteiger partial charge in [0.2, 0.25) is 5.95 Å². The molecule has 1 atom stereocenters. The Balaban J connectivity index is 1.41. The predicted octanol–water partition coefficient (Wildman–Crippen LogP) is 2.65. The predicted molar refractivity (Wildman–Crippen MR) is 120 cm³/mol. The van der Waals surface area contributed by atoms with Gasteiger partial charge in [-0.3, -0.25) is 14.3 Å². The van der Waals surface area contributed by atoms with Crippen LogP contribution in [-0.2, 0) is 22.8 Å². The number of aryl methyl sites for hydroxylation is 1. The molecule has 4 rings (SSSR count). The van der Waals surface area contributed by atoms with Crippen LogP contribution in [0.5, 0.6) is 5.75 Å². The Morgan fingerprint density at radius 1 is 1.09 bits per heavy atom. The van der Waals surface area contributed by atoms with Gasteiger partial charge < -0.3 is 19.9 Å². The number of benzene rings is 2. The minimum atomic E-state index is -0.392. The van der Waals surface area contributed by atoms with Crippen molar-refractivity contribution in [1.29, 1.82) is 0 Å². The number of aromatic nitrogens is 4. The number of hydrogen-bond acceptors (Lipinski definition) is 7. The van der Waals surface area contributed by atoms with Crippen LogP contribution in [0.15, 0.2) is 65.7 Å². The molecule has 32 heavy (non-hydrogen) atoms. The molecule has 9 heteroatoms. The first kappa shape index (κ1) is 21.5. The van der Waals surface area contributed by atoms with Crippen LogP contribution in [0, 0.1) is 6.92 Å². The Morgan fingerprint density at radius 3 is 2.66 bits per heavy atom. The molecule has 2 aromatic carbocycles. The third kappa shape index (κ3) is 5.51. The minimum absolute atomic E-state index is 0.0229. The number of nitrogens with zero attached hydrogens (tertiary/aromatic N) is 3. The van der Waals surface area contributed by atoms with E-state index < -0.39 is 5.56 Å².